The van der Waals surface area contributed by atoms with E-state index in [-0.39, 0.29) is 5.41 Å². The van der Waals surface area contributed by atoms with Gasteiger partial charge in [0.05, 0.1) is 33.4 Å². The molecule has 414 valence electrons. The highest BCUT2D eigenvalue weighted by molar-refractivity contribution is 6.11. The number of imidazole rings is 1. The summed E-state index contributed by atoms with van der Waals surface area (Å²) in [6.07, 6.45) is 5.91. The average Bonchev–Trinajstić information content (AvgIpc) is 2.07. The van der Waals surface area contributed by atoms with E-state index in [0.29, 0.717) is 11.5 Å². The first kappa shape index (κ1) is 52.6. The number of hydrogen-bond donors (Lipinski definition) is 0. The quantitative estimate of drug-likeness (QED) is 0.0903. The Kier molecular flexibility index (Phi) is 13.4. The fourth-order valence-corrected chi connectivity index (χ4v) is 12.4. The van der Waals surface area contributed by atoms with E-state index in [1.807, 2.05) is 12.3 Å². The molecule has 15 aromatic rings. The maximum atomic E-state index is 6.99. The zero-order chi connectivity index (χ0) is 58.4. The molecule has 87 heavy (non-hydrogen) atoms. The lowest BCUT2D eigenvalue weighted by atomic mass is 9.88. The van der Waals surface area contributed by atoms with Crippen molar-refractivity contribution in [1.29, 1.82) is 0 Å². The first-order chi connectivity index (χ1) is 42.7. The number of pyridine rings is 1. The largest absolute Gasteiger partial charge is 0.458 e. The van der Waals surface area contributed by atoms with Crippen molar-refractivity contribution in [2.75, 3.05) is 0 Å². The molecule has 5 heteroatoms. The number of rotatable bonds is 12. The fraction of sp³-hybridized carbons (Fsp3) is 0.0488. The number of fused-ring (bicyclic) bond motifs is 4. The zero-order valence-corrected chi connectivity index (χ0v) is 48.6. The SMILES string of the molecule is CC(C)(C)c1ccnc(-n2c3ccc(-c4ccccc4)cc3c3ccc(Oc4cccc(-n5[c-][n+](-c6c(-c7cc(-c8ccccc8)cc(-c8ccccc8)c7)cccc6-c6cc(-c7ccccc7)cc(-c7ccccc7)c6)c6ccccc65)c4)cc32)c1. The molecule has 3 aromatic heterocycles. The zero-order valence-electron chi connectivity index (χ0n) is 48.6. The van der Waals surface area contributed by atoms with Crippen molar-refractivity contribution in [3.63, 3.8) is 0 Å². The number of benzene rings is 12. The summed E-state index contributed by atoms with van der Waals surface area (Å²) in [5, 5.41) is 2.27. The van der Waals surface area contributed by atoms with E-state index in [1.54, 1.807) is 0 Å². The fourth-order valence-electron chi connectivity index (χ4n) is 12.4. The van der Waals surface area contributed by atoms with Crippen LogP contribution in [0.3, 0.4) is 0 Å². The molecular weight excluding hydrogens is 1060 g/mol. The van der Waals surface area contributed by atoms with Gasteiger partial charge in [0.1, 0.15) is 17.3 Å². The van der Waals surface area contributed by atoms with Gasteiger partial charge in [-0.15, -0.1) is 0 Å². The van der Waals surface area contributed by atoms with Gasteiger partial charge >= 0.3 is 0 Å². The highest BCUT2D eigenvalue weighted by Gasteiger charge is 2.24. The molecule has 12 aromatic carbocycles. The molecular formula is C82H60N4O. The van der Waals surface area contributed by atoms with Crippen LogP contribution in [0.1, 0.15) is 26.3 Å². The monoisotopic (exact) mass is 1120 g/mol. The Morgan fingerprint density at radius 2 is 0.851 bits per heavy atom. The molecule has 0 fully saturated rings. The van der Waals surface area contributed by atoms with Gasteiger partial charge in [0, 0.05) is 23.0 Å². The second-order valence-corrected chi connectivity index (χ2v) is 23.4. The van der Waals surface area contributed by atoms with Crippen molar-refractivity contribution < 1.29 is 9.30 Å². The Bertz CT molecular complexity index is 4760. The predicted molar refractivity (Wildman–Crippen MR) is 359 cm³/mol. The molecule has 0 amide bonds. The summed E-state index contributed by atoms with van der Waals surface area (Å²) in [5.74, 6) is 2.28. The molecule has 0 N–H and O–H groups in total. The van der Waals surface area contributed by atoms with Crippen LogP contribution in [-0.2, 0) is 5.41 Å². The van der Waals surface area contributed by atoms with Crippen LogP contribution in [0.15, 0.2) is 310 Å². The normalized spacial score (nSPS) is 11.6. The molecule has 0 aliphatic rings. The summed E-state index contributed by atoms with van der Waals surface area (Å²) in [6, 6.07) is 109. The van der Waals surface area contributed by atoms with E-state index < -0.39 is 0 Å². The van der Waals surface area contributed by atoms with E-state index in [2.05, 4.69) is 338 Å². The summed E-state index contributed by atoms with van der Waals surface area (Å²) in [7, 11) is 0. The maximum absolute atomic E-state index is 6.99. The number of hydrogen-bond acceptors (Lipinski definition) is 2. The lowest BCUT2D eigenvalue weighted by molar-refractivity contribution is -0.571. The highest BCUT2D eigenvalue weighted by atomic mass is 16.5. The summed E-state index contributed by atoms with van der Waals surface area (Å²) >= 11 is 0. The van der Waals surface area contributed by atoms with Crippen LogP contribution in [0.5, 0.6) is 11.5 Å². The maximum Gasteiger partial charge on any atom is 0.269 e. The van der Waals surface area contributed by atoms with Gasteiger partial charge in [-0.25, -0.2) is 4.98 Å². The van der Waals surface area contributed by atoms with Crippen LogP contribution in [0, 0.1) is 6.33 Å². The van der Waals surface area contributed by atoms with Crippen LogP contribution in [0.25, 0.3) is 128 Å². The van der Waals surface area contributed by atoms with Gasteiger partial charge in [-0.05, 0) is 180 Å². The van der Waals surface area contributed by atoms with Gasteiger partial charge in [-0.2, -0.15) is 0 Å². The van der Waals surface area contributed by atoms with Crippen LogP contribution < -0.4 is 9.30 Å². The lowest BCUT2D eigenvalue weighted by Crippen LogP contribution is -2.31. The molecule has 0 atom stereocenters. The Hall–Kier alpha value is -11.1. The van der Waals surface area contributed by atoms with Crippen LogP contribution >= 0.6 is 0 Å². The second-order valence-electron chi connectivity index (χ2n) is 23.4. The first-order valence-electron chi connectivity index (χ1n) is 29.7. The third-order valence-electron chi connectivity index (χ3n) is 16.7. The molecule has 5 nitrogen and oxygen atoms in total. The minimum Gasteiger partial charge on any atom is -0.458 e. The minimum absolute atomic E-state index is 0.0637. The van der Waals surface area contributed by atoms with Gasteiger partial charge in [0.25, 0.3) is 6.33 Å². The smallest absolute Gasteiger partial charge is 0.269 e. The number of para-hydroxylation sites is 3. The lowest BCUT2D eigenvalue weighted by Gasteiger charge is -2.20. The molecule has 0 radical (unpaired) electrons. The van der Waals surface area contributed by atoms with E-state index >= 15 is 0 Å². The molecule has 15 rings (SSSR count). The third kappa shape index (κ3) is 10.2. The predicted octanol–water partition coefficient (Wildman–Crippen LogP) is 21.0. The standard InChI is InChI=1S/C82H60N4O/c1-82(2,3)68-43-44-83-80(52-68)86-76-42-39-61(56-23-9-4-10-24-56)51-75(76)74-41-40-71(54-79(74)86)87-70-34-21-33-69(53-70)84-55-85(78-38-20-19-37-77(78)84)81-72(66-47-62(57-25-11-5-12-26-57)45-63(48-66)58-27-13-6-14-28-58)35-22-36-73(81)67-49-64(59-29-15-7-16-30-59)46-65(50-67)60-31-17-8-18-32-60/h4-54H,1-3H3. The van der Waals surface area contributed by atoms with Crippen molar-refractivity contribution in [2.45, 2.75) is 26.2 Å². The second kappa shape index (κ2) is 22.1. The summed E-state index contributed by atoms with van der Waals surface area (Å²) in [6.45, 7) is 6.74. The van der Waals surface area contributed by atoms with Crippen molar-refractivity contribution in [2.24, 2.45) is 0 Å². The summed E-state index contributed by atoms with van der Waals surface area (Å²) in [4.78, 5) is 5.01. The van der Waals surface area contributed by atoms with E-state index in [9.17, 15) is 0 Å². The van der Waals surface area contributed by atoms with Gasteiger partial charge in [-0.1, -0.05) is 227 Å². The van der Waals surface area contributed by atoms with Gasteiger partial charge in [-0.3, -0.25) is 13.7 Å². The Labute approximate surface area is 507 Å². The topological polar surface area (TPSA) is 35.9 Å². The number of nitrogens with zero attached hydrogens (tertiary/aromatic N) is 4. The van der Waals surface area contributed by atoms with E-state index in [1.165, 1.54) is 11.1 Å². The average molecular weight is 1120 g/mol. The Morgan fingerprint density at radius 3 is 1.40 bits per heavy atom. The van der Waals surface area contributed by atoms with Crippen molar-refractivity contribution in [3.8, 4) is 107 Å². The molecule has 0 unspecified atom stereocenters. The van der Waals surface area contributed by atoms with Crippen LogP contribution in [-0.4, -0.2) is 14.1 Å². The Morgan fingerprint density at radius 1 is 0.356 bits per heavy atom. The van der Waals surface area contributed by atoms with E-state index in [0.717, 1.165) is 122 Å². The molecule has 0 saturated heterocycles. The Balaban J connectivity index is 0.901. The third-order valence-corrected chi connectivity index (χ3v) is 16.7. The highest BCUT2D eigenvalue weighted by Crippen LogP contribution is 2.43. The molecule has 0 bridgehead atoms. The van der Waals surface area contributed by atoms with Gasteiger partial charge in [0.15, 0.2) is 0 Å². The molecule has 0 aliphatic carbocycles. The molecule has 0 spiro atoms. The first-order valence-corrected chi connectivity index (χ1v) is 29.7. The van der Waals surface area contributed by atoms with Gasteiger partial charge in [0.2, 0.25) is 0 Å². The molecule has 0 aliphatic heterocycles. The van der Waals surface area contributed by atoms with Crippen LogP contribution in [0.2, 0.25) is 0 Å². The van der Waals surface area contributed by atoms with Gasteiger partial charge < -0.3 is 4.74 Å². The number of ether oxygens (including phenoxy) is 1. The van der Waals surface area contributed by atoms with E-state index in [4.69, 9.17) is 9.72 Å². The molecule has 0 saturated carbocycles. The summed E-state index contributed by atoms with van der Waals surface area (Å²) < 4.78 is 13.7. The van der Waals surface area contributed by atoms with Crippen molar-refractivity contribution in [3.05, 3.63) is 321 Å². The summed E-state index contributed by atoms with van der Waals surface area (Å²) in [5.41, 5.74) is 23.0. The van der Waals surface area contributed by atoms with Crippen molar-refractivity contribution >= 4 is 32.8 Å². The number of aromatic nitrogens is 4. The molecule has 3 heterocycles. The van der Waals surface area contributed by atoms with Crippen molar-refractivity contribution in [1.82, 2.24) is 14.1 Å². The van der Waals surface area contributed by atoms with Crippen LogP contribution in [0.4, 0.5) is 0 Å². The minimum atomic E-state index is -0.0637.